The first-order valence-electron chi connectivity index (χ1n) is 10.2. The Bertz CT molecular complexity index is 988. The lowest BCUT2D eigenvalue weighted by Gasteiger charge is -2.34. The first-order chi connectivity index (χ1) is 13.6. The van der Waals surface area contributed by atoms with Crippen molar-refractivity contribution in [1.29, 1.82) is 0 Å². The monoisotopic (exact) mass is 399 g/mol. The average Bonchev–Trinajstić information content (AvgIpc) is 3.41. The standard InChI is InChI=1S/C21H26FN5S/c1-25-11-16(10-24-25)20-13-27(28)21-19(20)8-15(9-23-21)14-2-4-18(5-3-14)26-7-6-17(22)12-26/h8-11,13-14,17-18,28H,2-7,12H2,1H3. The van der Waals surface area contributed by atoms with E-state index >= 15 is 0 Å². The molecule has 4 heterocycles. The van der Waals surface area contributed by atoms with Crippen molar-refractivity contribution >= 4 is 23.8 Å². The van der Waals surface area contributed by atoms with E-state index in [0.29, 0.717) is 24.9 Å². The minimum atomic E-state index is -0.625. The topological polar surface area (TPSA) is 38.9 Å². The Balaban J connectivity index is 1.38. The summed E-state index contributed by atoms with van der Waals surface area (Å²) in [6, 6.07) is 2.84. The van der Waals surface area contributed by atoms with Gasteiger partial charge >= 0.3 is 0 Å². The molecule has 2 fully saturated rings. The Morgan fingerprint density at radius 1 is 1.11 bits per heavy atom. The molecule has 3 aromatic heterocycles. The molecule has 148 valence electrons. The number of likely N-dealkylation sites (tertiary alicyclic amines) is 1. The molecular formula is C21H26FN5S. The number of hydrogen-bond acceptors (Lipinski definition) is 4. The maximum Gasteiger partial charge on any atom is 0.150 e. The fraction of sp³-hybridized carbons (Fsp3) is 0.524. The second kappa shape index (κ2) is 7.19. The number of rotatable bonds is 3. The lowest BCUT2D eigenvalue weighted by Crippen LogP contribution is -2.36. The molecular weight excluding hydrogens is 373 g/mol. The maximum absolute atomic E-state index is 13.5. The van der Waals surface area contributed by atoms with E-state index in [0.717, 1.165) is 54.4 Å². The molecule has 7 heteroatoms. The van der Waals surface area contributed by atoms with Gasteiger partial charge in [-0.25, -0.2) is 9.37 Å². The zero-order valence-corrected chi connectivity index (χ0v) is 17.0. The van der Waals surface area contributed by atoms with E-state index in [4.69, 9.17) is 4.98 Å². The smallest absolute Gasteiger partial charge is 0.150 e. The van der Waals surface area contributed by atoms with E-state index in [1.54, 1.807) is 3.97 Å². The van der Waals surface area contributed by atoms with E-state index in [9.17, 15) is 4.39 Å². The Kier molecular flexibility index (Phi) is 4.67. The van der Waals surface area contributed by atoms with Crippen molar-refractivity contribution in [3.05, 3.63) is 36.4 Å². The van der Waals surface area contributed by atoms with Crippen LogP contribution in [0.3, 0.4) is 0 Å². The number of nitrogens with zero attached hydrogens (tertiary/aromatic N) is 5. The SMILES string of the molecule is Cn1cc(-c2cn(S)c3ncc(C4CCC(N5CCC(F)C5)CC4)cc23)cn1. The average molecular weight is 400 g/mol. The first-order valence-corrected chi connectivity index (χ1v) is 10.6. The van der Waals surface area contributed by atoms with Crippen LogP contribution in [0, 0.1) is 0 Å². The van der Waals surface area contributed by atoms with Crippen LogP contribution in [0.5, 0.6) is 0 Å². The third-order valence-corrected chi connectivity index (χ3v) is 6.81. The number of pyridine rings is 1. The third-order valence-electron chi connectivity index (χ3n) is 6.51. The van der Waals surface area contributed by atoms with E-state index in [2.05, 4.69) is 28.9 Å². The second-order valence-electron chi connectivity index (χ2n) is 8.32. The molecule has 3 aromatic rings. The molecule has 5 nitrogen and oxygen atoms in total. The first kappa shape index (κ1) is 18.2. The highest BCUT2D eigenvalue weighted by Gasteiger charge is 2.31. The van der Waals surface area contributed by atoms with Crippen LogP contribution in [-0.4, -0.2) is 48.9 Å². The molecule has 28 heavy (non-hydrogen) atoms. The van der Waals surface area contributed by atoms with Crippen LogP contribution in [0.15, 0.2) is 30.9 Å². The van der Waals surface area contributed by atoms with Crippen molar-refractivity contribution < 1.29 is 4.39 Å². The zero-order valence-electron chi connectivity index (χ0n) is 16.1. The summed E-state index contributed by atoms with van der Waals surface area (Å²) in [4.78, 5) is 7.08. The van der Waals surface area contributed by atoms with Gasteiger partial charge in [-0.1, -0.05) is 12.8 Å². The van der Waals surface area contributed by atoms with E-state index in [1.807, 2.05) is 36.5 Å². The summed E-state index contributed by atoms with van der Waals surface area (Å²) in [6.07, 6.45) is 12.6. The minimum absolute atomic E-state index is 0.530. The van der Waals surface area contributed by atoms with Crippen LogP contribution in [0.25, 0.3) is 22.2 Å². The summed E-state index contributed by atoms with van der Waals surface area (Å²) >= 11 is 4.55. The molecule has 5 rings (SSSR count). The lowest BCUT2D eigenvalue weighted by molar-refractivity contribution is 0.170. The van der Waals surface area contributed by atoms with Gasteiger partial charge in [-0.3, -0.25) is 13.6 Å². The molecule has 1 saturated carbocycles. The summed E-state index contributed by atoms with van der Waals surface area (Å²) in [5, 5.41) is 5.43. The zero-order chi connectivity index (χ0) is 19.3. The lowest BCUT2D eigenvalue weighted by atomic mass is 9.81. The van der Waals surface area contributed by atoms with Gasteiger partial charge in [0.15, 0.2) is 0 Å². The molecule has 0 aromatic carbocycles. The van der Waals surface area contributed by atoms with Gasteiger partial charge in [0, 0.05) is 61.3 Å². The number of aryl methyl sites for hydroxylation is 1. The van der Waals surface area contributed by atoms with Crippen molar-refractivity contribution in [2.24, 2.45) is 7.05 Å². The van der Waals surface area contributed by atoms with Crippen molar-refractivity contribution in [3.63, 3.8) is 0 Å². The number of fused-ring (bicyclic) bond motifs is 1. The summed E-state index contributed by atoms with van der Waals surface area (Å²) in [6.45, 7) is 1.56. The van der Waals surface area contributed by atoms with Crippen molar-refractivity contribution in [3.8, 4) is 11.1 Å². The molecule has 1 aliphatic carbocycles. The quantitative estimate of drug-likeness (QED) is 0.671. The molecule has 0 amide bonds. The molecule has 0 radical (unpaired) electrons. The van der Waals surface area contributed by atoms with Crippen LogP contribution in [0.1, 0.15) is 43.6 Å². The Hall–Kier alpha value is -1.86. The number of halogens is 1. The van der Waals surface area contributed by atoms with Crippen molar-refractivity contribution in [1.82, 2.24) is 23.6 Å². The highest BCUT2D eigenvalue weighted by atomic mass is 32.1. The number of thiol groups is 1. The van der Waals surface area contributed by atoms with Gasteiger partial charge in [0.1, 0.15) is 11.8 Å². The highest BCUT2D eigenvalue weighted by molar-refractivity contribution is 7.78. The van der Waals surface area contributed by atoms with Gasteiger partial charge in [0.25, 0.3) is 0 Å². The van der Waals surface area contributed by atoms with Gasteiger partial charge in [-0.2, -0.15) is 5.10 Å². The summed E-state index contributed by atoms with van der Waals surface area (Å²) in [5.74, 6) is 0.530. The number of hydrogen-bond donors (Lipinski definition) is 1. The van der Waals surface area contributed by atoms with Crippen molar-refractivity contribution in [2.45, 2.75) is 50.2 Å². The molecule has 0 N–H and O–H groups in total. The van der Waals surface area contributed by atoms with Crippen LogP contribution in [0.4, 0.5) is 4.39 Å². The fourth-order valence-electron chi connectivity index (χ4n) is 4.97. The predicted molar refractivity (Wildman–Crippen MR) is 112 cm³/mol. The summed E-state index contributed by atoms with van der Waals surface area (Å²) < 4.78 is 17.1. The molecule has 1 saturated heterocycles. The highest BCUT2D eigenvalue weighted by Crippen LogP contribution is 2.38. The summed E-state index contributed by atoms with van der Waals surface area (Å²) in [7, 11) is 1.93. The van der Waals surface area contributed by atoms with Crippen LogP contribution < -0.4 is 0 Å². The second-order valence-corrected chi connectivity index (χ2v) is 8.75. The Labute approximate surface area is 170 Å². The Morgan fingerprint density at radius 3 is 2.61 bits per heavy atom. The molecule has 1 unspecified atom stereocenters. The Morgan fingerprint density at radius 2 is 1.93 bits per heavy atom. The molecule has 1 atom stereocenters. The number of aromatic nitrogens is 4. The molecule has 0 spiro atoms. The molecule has 0 bridgehead atoms. The van der Waals surface area contributed by atoms with Gasteiger partial charge in [0.2, 0.25) is 0 Å². The van der Waals surface area contributed by atoms with E-state index in [-0.39, 0.29) is 0 Å². The van der Waals surface area contributed by atoms with E-state index < -0.39 is 6.17 Å². The predicted octanol–water partition coefficient (Wildman–Crippen LogP) is 4.20. The maximum atomic E-state index is 13.5. The van der Waals surface area contributed by atoms with Gasteiger partial charge in [0.05, 0.1) is 6.20 Å². The van der Waals surface area contributed by atoms with Crippen LogP contribution in [0.2, 0.25) is 0 Å². The van der Waals surface area contributed by atoms with Gasteiger partial charge in [-0.05, 0) is 49.7 Å². The summed E-state index contributed by atoms with van der Waals surface area (Å²) in [5.41, 5.74) is 4.39. The molecule has 1 aliphatic heterocycles. The normalized spacial score (nSPS) is 26.3. The number of alkyl halides is 1. The minimum Gasteiger partial charge on any atom is -0.297 e. The molecule has 2 aliphatic rings. The van der Waals surface area contributed by atoms with Gasteiger partial charge < -0.3 is 0 Å². The van der Waals surface area contributed by atoms with E-state index in [1.165, 1.54) is 5.56 Å². The largest absolute Gasteiger partial charge is 0.297 e. The third kappa shape index (κ3) is 3.24. The van der Waals surface area contributed by atoms with Gasteiger partial charge in [-0.15, -0.1) is 0 Å². The van der Waals surface area contributed by atoms with Crippen LogP contribution in [-0.2, 0) is 7.05 Å². The van der Waals surface area contributed by atoms with Crippen molar-refractivity contribution in [2.75, 3.05) is 13.1 Å². The fourth-order valence-corrected chi connectivity index (χ4v) is 5.24. The van der Waals surface area contributed by atoms with Crippen LogP contribution >= 0.6 is 12.8 Å².